The third-order valence-corrected chi connectivity index (χ3v) is 1.44. The largest absolute Gasteiger partial charge is 0.559 e. The lowest BCUT2D eigenvalue weighted by Crippen LogP contribution is -2.36. The maximum Gasteiger partial charge on any atom is 0.559 e. The van der Waals surface area contributed by atoms with Crippen molar-refractivity contribution in [1.29, 1.82) is 0 Å². The molecule has 0 amide bonds. The predicted octanol–water partition coefficient (Wildman–Crippen LogP) is -0.235. The van der Waals surface area contributed by atoms with E-state index in [9.17, 15) is 0 Å². The summed E-state index contributed by atoms with van der Waals surface area (Å²) in [6.45, 7) is 0. The van der Waals surface area contributed by atoms with Crippen LogP contribution in [0.1, 0.15) is 0 Å². The maximum atomic E-state index is 8.33. The van der Waals surface area contributed by atoms with Crippen molar-refractivity contribution in [3.8, 4) is 5.88 Å². The summed E-state index contributed by atoms with van der Waals surface area (Å²) in [5, 5.41) is 16.7. The molecule has 2 N–H and O–H groups in total. The summed E-state index contributed by atoms with van der Waals surface area (Å²) in [6, 6.07) is 3.12. The molecule has 0 radical (unpaired) electrons. The Morgan fingerprint density at radius 1 is 1.38 bits per heavy atom. The number of methoxy groups -OCH3 is 1. The fraction of sp³-hybridized carbons (Fsp3) is 0.167. The summed E-state index contributed by atoms with van der Waals surface area (Å²) in [4.78, 5) is 11.5. The van der Waals surface area contributed by atoms with Crippen LogP contribution in [-0.2, 0) is 9.61 Å². The number of pyridine rings is 1. The first kappa shape index (κ1) is 9.94. The van der Waals surface area contributed by atoms with Gasteiger partial charge in [-0.15, -0.1) is 0 Å². The zero-order valence-corrected chi connectivity index (χ0v) is 6.88. The van der Waals surface area contributed by atoms with Crippen molar-refractivity contribution in [3.05, 3.63) is 18.3 Å². The lowest BCUT2D eigenvalue weighted by Gasteiger charge is -2.08. The average Bonchev–Trinajstić information content (AvgIpc) is 2.20. The molecule has 0 atom stereocenters. The first-order valence-electron chi connectivity index (χ1n) is 3.42. The summed E-state index contributed by atoms with van der Waals surface area (Å²) in [6.07, 6.45) is 1.49. The van der Waals surface area contributed by atoms with E-state index in [1.54, 1.807) is 6.07 Å². The Balaban J connectivity index is 2.96. The number of aromatic nitrogens is 1. The van der Waals surface area contributed by atoms with Crippen LogP contribution in [-0.4, -0.2) is 29.7 Å². The SMILES string of the molecule is COc1ncccc1B(OO)OO. The monoisotopic (exact) mass is 185 g/mol. The van der Waals surface area contributed by atoms with Gasteiger partial charge in [-0.05, 0) is 6.07 Å². The number of ether oxygens (including phenoxy) is 1. The Morgan fingerprint density at radius 3 is 2.62 bits per heavy atom. The summed E-state index contributed by atoms with van der Waals surface area (Å²) in [5.74, 6) is 0.204. The molecule has 7 heteroatoms. The van der Waals surface area contributed by atoms with Crippen molar-refractivity contribution in [2.24, 2.45) is 0 Å². The molecule has 13 heavy (non-hydrogen) atoms. The average molecular weight is 185 g/mol. The van der Waals surface area contributed by atoms with Crippen molar-refractivity contribution in [1.82, 2.24) is 4.98 Å². The van der Waals surface area contributed by atoms with Gasteiger partial charge in [0.1, 0.15) is 0 Å². The molecule has 0 saturated carbocycles. The van der Waals surface area contributed by atoms with Crippen molar-refractivity contribution in [2.45, 2.75) is 0 Å². The molecule has 1 aromatic heterocycles. The molecule has 0 bridgehead atoms. The molecule has 0 spiro atoms. The smallest absolute Gasteiger partial charge is 0.481 e. The Bertz CT molecular complexity index is 267. The summed E-state index contributed by atoms with van der Waals surface area (Å²) in [5.41, 5.74) is 0.287. The van der Waals surface area contributed by atoms with Gasteiger partial charge in [0.2, 0.25) is 5.88 Å². The lowest BCUT2D eigenvalue weighted by molar-refractivity contribution is -0.221. The maximum absolute atomic E-state index is 8.33. The summed E-state index contributed by atoms with van der Waals surface area (Å²) in [7, 11) is 0.0844. The molecule has 70 valence electrons. The van der Waals surface area contributed by atoms with Crippen LogP contribution in [0.5, 0.6) is 5.88 Å². The van der Waals surface area contributed by atoms with E-state index in [4.69, 9.17) is 15.3 Å². The van der Waals surface area contributed by atoms with Crippen LogP contribution >= 0.6 is 0 Å². The van der Waals surface area contributed by atoms with Gasteiger partial charge in [-0.2, -0.15) is 0 Å². The minimum atomic E-state index is -1.32. The highest BCUT2D eigenvalue weighted by atomic mass is 17.2. The fourth-order valence-corrected chi connectivity index (χ4v) is 0.886. The third-order valence-electron chi connectivity index (χ3n) is 1.44. The van der Waals surface area contributed by atoms with Crippen molar-refractivity contribution >= 4 is 12.6 Å². The number of nitrogens with zero attached hydrogens (tertiary/aromatic N) is 1. The molecule has 0 unspecified atom stereocenters. The second-order valence-corrected chi connectivity index (χ2v) is 2.14. The Labute approximate surface area is 74.7 Å². The van der Waals surface area contributed by atoms with E-state index in [1.165, 1.54) is 19.4 Å². The second kappa shape index (κ2) is 4.78. The van der Waals surface area contributed by atoms with Crippen LogP contribution in [0.25, 0.3) is 0 Å². The van der Waals surface area contributed by atoms with E-state index in [0.29, 0.717) is 0 Å². The zero-order chi connectivity index (χ0) is 9.68. The van der Waals surface area contributed by atoms with Crippen LogP contribution in [0.2, 0.25) is 0 Å². The Morgan fingerprint density at radius 2 is 2.08 bits per heavy atom. The molecule has 1 aromatic rings. The molecule has 1 heterocycles. The van der Waals surface area contributed by atoms with Crippen molar-refractivity contribution in [2.75, 3.05) is 7.11 Å². The van der Waals surface area contributed by atoms with E-state index >= 15 is 0 Å². The van der Waals surface area contributed by atoms with Crippen LogP contribution in [0.4, 0.5) is 0 Å². The molecular weight excluding hydrogens is 177 g/mol. The summed E-state index contributed by atoms with van der Waals surface area (Å²) >= 11 is 0. The molecule has 0 aliphatic carbocycles. The normalized spacial score (nSPS) is 9.77. The molecule has 0 fully saturated rings. The van der Waals surface area contributed by atoms with Crippen LogP contribution in [0, 0.1) is 0 Å². The first-order chi connectivity index (χ1) is 6.33. The molecule has 6 nitrogen and oxygen atoms in total. The standard InChI is InChI=1S/C6H8BNO5/c1-11-6-5(3-2-4-8-6)7(12-9)13-10/h2-4,9-10H,1H3. The zero-order valence-electron chi connectivity index (χ0n) is 6.88. The Kier molecular flexibility index (Phi) is 3.65. The highest BCUT2D eigenvalue weighted by molar-refractivity contribution is 6.61. The second-order valence-electron chi connectivity index (χ2n) is 2.14. The van der Waals surface area contributed by atoms with Gasteiger partial charge < -0.3 is 4.74 Å². The van der Waals surface area contributed by atoms with E-state index in [-0.39, 0.29) is 11.3 Å². The molecular formula is C6H8BNO5. The lowest BCUT2D eigenvalue weighted by atomic mass is 9.80. The highest BCUT2D eigenvalue weighted by Gasteiger charge is 2.26. The molecule has 1 rings (SSSR count). The molecule has 0 saturated heterocycles. The van der Waals surface area contributed by atoms with Crippen LogP contribution < -0.4 is 10.2 Å². The quantitative estimate of drug-likeness (QED) is 0.382. The van der Waals surface area contributed by atoms with Gasteiger partial charge in [0.15, 0.2) is 0 Å². The van der Waals surface area contributed by atoms with Gasteiger partial charge in [-0.1, -0.05) is 6.07 Å². The topological polar surface area (TPSA) is 81.0 Å². The third kappa shape index (κ3) is 2.16. The van der Waals surface area contributed by atoms with Crippen molar-refractivity contribution in [3.63, 3.8) is 0 Å². The molecule has 0 aromatic carbocycles. The van der Waals surface area contributed by atoms with Crippen LogP contribution in [0.15, 0.2) is 18.3 Å². The molecule has 0 aliphatic rings. The predicted molar refractivity (Wildman–Crippen MR) is 43.6 cm³/mol. The molecule has 0 aliphatic heterocycles. The van der Waals surface area contributed by atoms with Gasteiger partial charge in [0.25, 0.3) is 0 Å². The number of hydrogen-bond donors (Lipinski definition) is 2. The highest BCUT2D eigenvalue weighted by Crippen LogP contribution is 2.02. The van der Waals surface area contributed by atoms with Crippen LogP contribution in [0.3, 0.4) is 0 Å². The number of hydrogen-bond acceptors (Lipinski definition) is 6. The van der Waals surface area contributed by atoms with Gasteiger partial charge in [-0.25, -0.2) is 4.98 Å². The van der Waals surface area contributed by atoms with Gasteiger partial charge >= 0.3 is 7.12 Å². The minimum Gasteiger partial charge on any atom is -0.481 e. The Hall–Kier alpha value is -1.15. The summed E-state index contributed by atoms with van der Waals surface area (Å²) < 4.78 is 4.84. The van der Waals surface area contributed by atoms with E-state index in [1.807, 2.05) is 0 Å². The minimum absolute atomic E-state index is 0.204. The fourth-order valence-electron chi connectivity index (χ4n) is 0.886. The van der Waals surface area contributed by atoms with Gasteiger partial charge in [0, 0.05) is 11.7 Å². The van der Waals surface area contributed by atoms with Gasteiger partial charge in [-0.3, -0.25) is 20.1 Å². The number of rotatable bonds is 4. The first-order valence-corrected chi connectivity index (χ1v) is 3.42. The van der Waals surface area contributed by atoms with E-state index in [0.717, 1.165) is 0 Å². The van der Waals surface area contributed by atoms with E-state index in [2.05, 4.69) is 14.6 Å². The van der Waals surface area contributed by atoms with Crippen molar-refractivity contribution < 1.29 is 24.9 Å². The van der Waals surface area contributed by atoms with Gasteiger partial charge in [0.05, 0.1) is 7.11 Å². The van der Waals surface area contributed by atoms with E-state index < -0.39 is 7.12 Å².